The molecule has 0 radical (unpaired) electrons. The zero-order chi connectivity index (χ0) is 22.1. The van der Waals surface area contributed by atoms with E-state index in [0.717, 1.165) is 53.8 Å². The molecule has 6 nitrogen and oxygen atoms in total. The number of esters is 1. The number of methoxy groups -OCH3 is 1. The van der Waals surface area contributed by atoms with Gasteiger partial charge in [-0.3, -0.25) is 0 Å². The second-order valence-electron chi connectivity index (χ2n) is 8.18. The average Bonchev–Trinajstić information content (AvgIpc) is 3.61. The number of carbonyl (C=O) groups excluding carboxylic acids is 1. The van der Waals surface area contributed by atoms with E-state index in [1.54, 1.807) is 6.20 Å². The summed E-state index contributed by atoms with van der Waals surface area (Å²) in [6.07, 6.45) is 3.77. The van der Waals surface area contributed by atoms with Crippen molar-refractivity contribution in [3.63, 3.8) is 0 Å². The normalized spacial score (nSPS) is 16.0. The summed E-state index contributed by atoms with van der Waals surface area (Å²) in [5.74, 6) is 1.31. The number of nitrogens with zero attached hydrogens (tertiary/aromatic N) is 2. The van der Waals surface area contributed by atoms with Gasteiger partial charge in [-0.15, -0.1) is 0 Å². The standard InChI is InChI=1S/C25H24ClN3O3/c1-31-24(30)18-4-6-19(7-5-18)25(11-12-25)28-23-22-21(10-13-27-23)32-15-14-29(22)16-17-2-8-20(26)9-3-17/h2-10,13H,11-12,14-16H2,1H3,(H,27,28). The van der Waals surface area contributed by atoms with Crippen molar-refractivity contribution in [2.45, 2.75) is 24.9 Å². The van der Waals surface area contributed by atoms with Gasteiger partial charge < -0.3 is 19.7 Å². The molecule has 3 aromatic rings. The Morgan fingerprint density at radius 1 is 1.16 bits per heavy atom. The predicted octanol–water partition coefficient (Wildman–Crippen LogP) is 5.02. The van der Waals surface area contributed by atoms with E-state index in [2.05, 4.69) is 15.2 Å². The first-order valence-electron chi connectivity index (χ1n) is 10.7. The third-order valence-electron chi connectivity index (χ3n) is 6.08. The van der Waals surface area contributed by atoms with Crippen LogP contribution in [0.2, 0.25) is 5.02 Å². The number of ether oxygens (including phenoxy) is 2. The summed E-state index contributed by atoms with van der Waals surface area (Å²) in [6.45, 7) is 2.15. The van der Waals surface area contributed by atoms with Crippen LogP contribution in [0, 0.1) is 0 Å². The fraction of sp³-hybridized carbons (Fsp3) is 0.280. The lowest BCUT2D eigenvalue weighted by Gasteiger charge is -2.33. The van der Waals surface area contributed by atoms with Crippen LogP contribution >= 0.6 is 11.6 Å². The average molecular weight is 450 g/mol. The largest absolute Gasteiger partial charge is 0.489 e. The zero-order valence-electron chi connectivity index (χ0n) is 17.8. The molecular weight excluding hydrogens is 426 g/mol. The van der Waals surface area contributed by atoms with Crippen LogP contribution in [0.5, 0.6) is 5.75 Å². The first-order chi connectivity index (χ1) is 15.6. The molecule has 5 rings (SSSR count). The number of carbonyl (C=O) groups is 1. The molecule has 7 heteroatoms. The smallest absolute Gasteiger partial charge is 0.337 e. The van der Waals surface area contributed by atoms with Gasteiger partial charge in [-0.25, -0.2) is 9.78 Å². The molecule has 0 bridgehead atoms. The number of anilines is 2. The van der Waals surface area contributed by atoms with Crippen molar-refractivity contribution in [3.8, 4) is 5.75 Å². The second-order valence-corrected chi connectivity index (χ2v) is 8.62. The van der Waals surface area contributed by atoms with Gasteiger partial charge in [-0.05, 0) is 48.2 Å². The quantitative estimate of drug-likeness (QED) is 0.533. The molecule has 1 saturated carbocycles. The lowest BCUT2D eigenvalue weighted by molar-refractivity contribution is 0.0600. The summed E-state index contributed by atoms with van der Waals surface area (Å²) in [5.41, 5.74) is 3.64. The van der Waals surface area contributed by atoms with E-state index in [4.69, 9.17) is 21.1 Å². The number of nitrogens with one attached hydrogen (secondary N) is 1. The summed E-state index contributed by atoms with van der Waals surface area (Å²) in [5, 5.41) is 4.42. The highest BCUT2D eigenvalue weighted by Gasteiger charge is 2.45. The SMILES string of the molecule is COC(=O)c1ccc(C2(Nc3nccc4c3N(Cc3ccc(Cl)cc3)CCO4)CC2)cc1. The Morgan fingerprint density at radius 3 is 2.59 bits per heavy atom. The molecule has 0 unspecified atom stereocenters. The van der Waals surface area contributed by atoms with E-state index in [0.29, 0.717) is 12.2 Å². The molecule has 164 valence electrons. The molecule has 0 atom stereocenters. The maximum atomic E-state index is 11.8. The van der Waals surface area contributed by atoms with Gasteiger partial charge in [0.05, 0.1) is 24.8 Å². The minimum atomic E-state index is -0.330. The van der Waals surface area contributed by atoms with Gasteiger partial charge in [-0.1, -0.05) is 35.9 Å². The van der Waals surface area contributed by atoms with E-state index in [1.165, 1.54) is 12.7 Å². The van der Waals surface area contributed by atoms with Crippen molar-refractivity contribution in [1.82, 2.24) is 4.98 Å². The Morgan fingerprint density at radius 2 is 1.91 bits per heavy atom. The van der Waals surface area contributed by atoms with Crippen molar-refractivity contribution >= 4 is 29.1 Å². The summed E-state index contributed by atoms with van der Waals surface area (Å²) < 4.78 is 10.8. The van der Waals surface area contributed by atoms with Crippen LogP contribution in [0.15, 0.2) is 60.8 Å². The Kier molecular flexibility index (Phi) is 5.39. The molecular formula is C25H24ClN3O3. The van der Waals surface area contributed by atoms with E-state index >= 15 is 0 Å². The van der Waals surface area contributed by atoms with Gasteiger partial charge in [0.15, 0.2) is 5.82 Å². The van der Waals surface area contributed by atoms with Crippen molar-refractivity contribution in [3.05, 3.63) is 82.5 Å². The highest BCUT2D eigenvalue weighted by Crippen LogP contribution is 2.50. The first-order valence-corrected chi connectivity index (χ1v) is 11.0. The summed E-state index contributed by atoms with van der Waals surface area (Å²) in [7, 11) is 1.39. The molecule has 0 spiro atoms. The predicted molar refractivity (Wildman–Crippen MR) is 125 cm³/mol. The lowest BCUT2D eigenvalue weighted by atomic mass is 10.0. The Bertz CT molecular complexity index is 1130. The summed E-state index contributed by atoms with van der Waals surface area (Å²) in [6, 6.07) is 17.4. The van der Waals surface area contributed by atoms with Gasteiger partial charge >= 0.3 is 5.97 Å². The van der Waals surface area contributed by atoms with Gasteiger partial charge in [0, 0.05) is 23.8 Å². The molecule has 1 aliphatic carbocycles. The minimum Gasteiger partial charge on any atom is -0.489 e. The van der Waals surface area contributed by atoms with E-state index < -0.39 is 0 Å². The highest BCUT2D eigenvalue weighted by molar-refractivity contribution is 6.30. The van der Waals surface area contributed by atoms with Crippen LogP contribution in [0.25, 0.3) is 0 Å². The lowest BCUT2D eigenvalue weighted by Crippen LogP contribution is -2.34. The second kappa shape index (κ2) is 8.36. The molecule has 32 heavy (non-hydrogen) atoms. The maximum Gasteiger partial charge on any atom is 0.337 e. The van der Waals surface area contributed by atoms with Crippen molar-refractivity contribution in [2.24, 2.45) is 0 Å². The molecule has 0 saturated heterocycles. The zero-order valence-corrected chi connectivity index (χ0v) is 18.6. The molecule has 2 heterocycles. The van der Waals surface area contributed by atoms with Crippen LogP contribution in [0.3, 0.4) is 0 Å². The topological polar surface area (TPSA) is 63.7 Å². The van der Waals surface area contributed by atoms with Crippen molar-refractivity contribution in [1.29, 1.82) is 0 Å². The molecule has 1 N–H and O–H groups in total. The highest BCUT2D eigenvalue weighted by atomic mass is 35.5. The van der Waals surface area contributed by atoms with Crippen molar-refractivity contribution in [2.75, 3.05) is 30.5 Å². The molecule has 2 aromatic carbocycles. The van der Waals surface area contributed by atoms with Crippen LogP contribution in [-0.2, 0) is 16.8 Å². The van der Waals surface area contributed by atoms with Gasteiger partial charge in [0.1, 0.15) is 18.0 Å². The number of halogens is 1. The fourth-order valence-electron chi connectivity index (χ4n) is 4.18. The van der Waals surface area contributed by atoms with E-state index in [9.17, 15) is 4.79 Å². The Balaban J connectivity index is 1.42. The van der Waals surface area contributed by atoms with Gasteiger partial charge in [0.2, 0.25) is 0 Å². The molecule has 1 fully saturated rings. The van der Waals surface area contributed by atoms with Crippen LogP contribution in [0.4, 0.5) is 11.5 Å². The first kappa shape index (κ1) is 20.6. The van der Waals surface area contributed by atoms with E-state index in [1.807, 2.05) is 54.6 Å². The molecule has 0 amide bonds. The number of benzene rings is 2. The van der Waals surface area contributed by atoms with Crippen LogP contribution in [-0.4, -0.2) is 31.2 Å². The van der Waals surface area contributed by atoms with E-state index in [-0.39, 0.29) is 11.5 Å². The monoisotopic (exact) mass is 449 g/mol. The Hall–Kier alpha value is -3.25. The summed E-state index contributed by atoms with van der Waals surface area (Å²) in [4.78, 5) is 18.8. The molecule has 1 aromatic heterocycles. The number of fused-ring (bicyclic) bond motifs is 1. The molecule has 1 aliphatic heterocycles. The third kappa shape index (κ3) is 3.98. The van der Waals surface area contributed by atoms with Gasteiger partial charge in [-0.2, -0.15) is 0 Å². The maximum absolute atomic E-state index is 11.8. The summed E-state index contributed by atoms with van der Waals surface area (Å²) >= 11 is 6.05. The number of hydrogen-bond donors (Lipinski definition) is 1. The number of aromatic nitrogens is 1. The van der Waals surface area contributed by atoms with Gasteiger partial charge in [0.25, 0.3) is 0 Å². The number of pyridine rings is 1. The van der Waals surface area contributed by atoms with Crippen LogP contribution < -0.4 is 15.0 Å². The van der Waals surface area contributed by atoms with Crippen LogP contribution in [0.1, 0.15) is 34.3 Å². The fourth-order valence-corrected chi connectivity index (χ4v) is 4.30. The van der Waals surface area contributed by atoms with Crippen molar-refractivity contribution < 1.29 is 14.3 Å². The third-order valence-corrected chi connectivity index (χ3v) is 6.33. The minimum absolute atomic E-state index is 0.194. The number of rotatable bonds is 6. The Labute approximate surface area is 192 Å². The molecule has 2 aliphatic rings. The number of hydrogen-bond acceptors (Lipinski definition) is 6.